The van der Waals surface area contributed by atoms with Crippen LogP contribution in [-0.4, -0.2) is 65.8 Å². The van der Waals surface area contributed by atoms with Crippen LogP contribution >= 0.6 is 0 Å². The number of hydrogen-bond acceptors (Lipinski definition) is 9. The van der Waals surface area contributed by atoms with Crippen LogP contribution in [0.5, 0.6) is 11.5 Å². The molecule has 0 spiro atoms. The van der Waals surface area contributed by atoms with Crippen molar-refractivity contribution in [3.8, 4) is 11.5 Å². The summed E-state index contributed by atoms with van der Waals surface area (Å²) in [5, 5.41) is 14.1. The summed E-state index contributed by atoms with van der Waals surface area (Å²) in [6.07, 6.45) is 2.44. The van der Waals surface area contributed by atoms with Gasteiger partial charge in [0.05, 0.1) is 40.3 Å². The molecule has 0 aromatic heterocycles. The molecule has 1 heterocycles. The monoisotopic (exact) mass is 632 g/mol. The summed E-state index contributed by atoms with van der Waals surface area (Å²) in [6.45, 7) is 1.52. The molecule has 0 atom stereocenters. The van der Waals surface area contributed by atoms with E-state index >= 15 is 0 Å². The fourth-order valence-electron chi connectivity index (χ4n) is 4.66. The first-order valence-corrected chi connectivity index (χ1v) is 16.2. The van der Waals surface area contributed by atoms with Gasteiger partial charge in [-0.25, -0.2) is 16.8 Å². The Balaban J connectivity index is 1.69. The van der Waals surface area contributed by atoms with Gasteiger partial charge < -0.3 is 14.8 Å². The third-order valence-corrected chi connectivity index (χ3v) is 10.7. The highest BCUT2D eigenvalue weighted by atomic mass is 32.2. The number of piperidine rings is 1. The van der Waals surface area contributed by atoms with E-state index < -0.39 is 43.1 Å². The Bertz CT molecular complexity index is 1720. The maximum atomic E-state index is 13.8. The van der Waals surface area contributed by atoms with Gasteiger partial charge in [0.15, 0.2) is 0 Å². The average molecular weight is 633 g/mol. The van der Waals surface area contributed by atoms with Crippen molar-refractivity contribution in [2.24, 2.45) is 0 Å². The minimum Gasteiger partial charge on any atom is -0.497 e. The van der Waals surface area contributed by atoms with Gasteiger partial charge in [-0.2, -0.15) is 4.31 Å². The van der Waals surface area contributed by atoms with Crippen LogP contribution in [0, 0.1) is 17.0 Å². The van der Waals surface area contributed by atoms with E-state index in [4.69, 9.17) is 9.47 Å². The van der Waals surface area contributed by atoms with E-state index in [0.717, 1.165) is 29.6 Å². The smallest absolute Gasteiger partial charge is 0.273 e. The highest BCUT2D eigenvalue weighted by molar-refractivity contribution is 7.92. The number of nitro groups is 1. The highest BCUT2D eigenvalue weighted by Crippen LogP contribution is 2.32. The largest absolute Gasteiger partial charge is 0.497 e. The molecule has 0 aliphatic carbocycles. The second kappa shape index (κ2) is 13.0. The van der Waals surface area contributed by atoms with Crippen LogP contribution in [0.15, 0.2) is 70.5 Å². The fourth-order valence-corrected chi connectivity index (χ4v) is 7.64. The van der Waals surface area contributed by atoms with Crippen molar-refractivity contribution in [3.05, 3.63) is 76.3 Å². The van der Waals surface area contributed by atoms with E-state index in [9.17, 15) is 31.7 Å². The van der Waals surface area contributed by atoms with E-state index in [1.807, 2.05) is 0 Å². The maximum absolute atomic E-state index is 13.8. The fraction of sp³-hybridized carbons (Fsp3) is 0.321. The molecular weight excluding hydrogens is 600 g/mol. The third-order valence-electron chi connectivity index (χ3n) is 7.01. The summed E-state index contributed by atoms with van der Waals surface area (Å²) in [6, 6.07) is 13.4. The van der Waals surface area contributed by atoms with Crippen molar-refractivity contribution in [2.75, 3.05) is 43.5 Å². The number of nitro benzene ring substituents is 1. The number of carbonyl (C=O) groups is 1. The summed E-state index contributed by atoms with van der Waals surface area (Å²) < 4.78 is 66.8. The summed E-state index contributed by atoms with van der Waals surface area (Å²) in [7, 11) is -5.55. The number of nitrogens with zero attached hydrogens (tertiary/aromatic N) is 3. The Morgan fingerprint density at radius 2 is 1.58 bits per heavy atom. The number of hydrogen-bond donors (Lipinski definition) is 1. The molecule has 3 aromatic rings. The molecule has 43 heavy (non-hydrogen) atoms. The lowest BCUT2D eigenvalue weighted by molar-refractivity contribution is -0.385. The Kier molecular flexibility index (Phi) is 9.57. The van der Waals surface area contributed by atoms with Crippen LogP contribution < -0.4 is 19.1 Å². The quantitative estimate of drug-likeness (QED) is 0.243. The first kappa shape index (κ1) is 31.7. The van der Waals surface area contributed by atoms with Gasteiger partial charge in [0.1, 0.15) is 18.0 Å². The Morgan fingerprint density at radius 3 is 2.19 bits per heavy atom. The van der Waals surface area contributed by atoms with Gasteiger partial charge in [0, 0.05) is 24.7 Å². The lowest BCUT2D eigenvalue weighted by atomic mass is 10.2. The number of methoxy groups -OCH3 is 2. The summed E-state index contributed by atoms with van der Waals surface area (Å²) >= 11 is 0. The molecule has 0 radical (unpaired) electrons. The molecule has 1 amide bonds. The van der Waals surface area contributed by atoms with Gasteiger partial charge in [-0.05, 0) is 68.3 Å². The summed E-state index contributed by atoms with van der Waals surface area (Å²) in [5.74, 6) is -0.209. The molecule has 13 nitrogen and oxygen atoms in total. The second-order valence-corrected chi connectivity index (χ2v) is 13.6. The van der Waals surface area contributed by atoms with E-state index in [-0.39, 0.29) is 32.5 Å². The molecule has 3 aromatic carbocycles. The van der Waals surface area contributed by atoms with Gasteiger partial charge in [-0.15, -0.1) is 0 Å². The molecule has 230 valence electrons. The van der Waals surface area contributed by atoms with Crippen molar-refractivity contribution in [3.63, 3.8) is 0 Å². The molecule has 0 unspecified atom stereocenters. The maximum Gasteiger partial charge on any atom is 0.273 e. The number of anilines is 2. The molecule has 0 bridgehead atoms. The zero-order valence-corrected chi connectivity index (χ0v) is 25.5. The Labute approximate surface area is 250 Å². The third kappa shape index (κ3) is 6.89. The normalized spacial score (nSPS) is 14.1. The van der Waals surface area contributed by atoms with Crippen LogP contribution in [0.3, 0.4) is 0 Å². The van der Waals surface area contributed by atoms with Crippen molar-refractivity contribution < 1.29 is 36.0 Å². The lowest BCUT2D eigenvalue weighted by Gasteiger charge is -2.26. The molecule has 1 fully saturated rings. The van der Waals surface area contributed by atoms with Crippen molar-refractivity contribution in [2.45, 2.75) is 36.0 Å². The Morgan fingerprint density at radius 1 is 0.930 bits per heavy atom. The molecule has 1 aliphatic heterocycles. The number of amides is 1. The predicted molar refractivity (Wildman–Crippen MR) is 160 cm³/mol. The minimum absolute atomic E-state index is 0.0311. The van der Waals surface area contributed by atoms with E-state index in [1.165, 1.54) is 80.0 Å². The highest BCUT2D eigenvalue weighted by Gasteiger charge is 2.31. The van der Waals surface area contributed by atoms with E-state index in [1.54, 1.807) is 0 Å². The standard InChI is InChI=1S/C28H32N4O9S2/c1-20-7-12-24(18-26(20)32(34)35)43(38,39)31(21-8-10-22(40-2)11-9-21)19-28(33)29-25-17-23(13-14-27(25)41-3)42(36,37)30-15-5-4-6-16-30/h7-14,17-18H,4-6,15-16,19H2,1-3H3,(H,29,33). The number of benzene rings is 3. The number of ether oxygens (including phenoxy) is 2. The van der Waals surface area contributed by atoms with Crippen LogP contribution in [-0.2, 0) is 24.8 Å². The van der Waals surface area contributed by atoms with Gasteiger partial charge in [0.2, 0.25) is 15.9 Å². The predicted octanol–water partition coefficient (Wildman–Crippen LogP) is 3.93. The molecule has 1 aliphatic rings. The minimum atomic E-state index is -4.50. The zero-order chi connectivity index (χ0) is 31.4. The van der Waals surface area contributed by atoms with Gasteiger partial charge >= 0.3 is 0 Å². The van der Waals surface area contributed by atoms with Gasteiger partial charge in [-0.3, -0.25) is 19.2 Å². The number of aryl methyl sites for hydroxylation is 1. The van der Waals surface area contributed by atoms with Gasteiger partial charge in [-0.1, -0.05) is 12.5 Å². The number of rotatable bonds is 11. The van der Waals surface area contributed by atoms with Crippen LogP contribution in [0.4, 0.5) is 17.1 Å². The Hall–Kier alpha value is -4.21. The molecule has 4 rings (SSSR count). The summed E-state index contributed by atoms with van der Waals surface area (Å²) in [4.78, 5) is 23.8. The van der Waals surface area contributed by atoms with Crippen LogP contribution in [0.25, 0.3) is 0 Å². The molecular formula is C28H32N4O9S2. The average Bonchev–Trinajstić information content (AvgIpc) is 3.00. The van der Waals surface area contributed by atoms with E-state index in [0.29, 0.717) is 18.8 Å². The first-order valence-electron chi connectivity index (χ1n) is 13.3. The van der Waals surface area contributed by atoms with Crippen LogP contribution in [0.2, 0.25) is 0 Å². The number of carbonyl (C=O) groups excluding carboxylic acids is 1. The van der Waals surface area contributed by atoms with Crippen LogP contribution in [0.1, 0.15) is 24.8 Å². The molecule has 1 N–H and O–H groups in total. The topological polar surface area (TPSA) is 165 Å². The van der Waals surface area contributed by atoms with Crippen molar-refractivity contribution >= 4 is 43.0 Å². The zero-order valence-electron chi connectivity index (χ0n) is 23.8. The lowest BCUT2D eigenvalue weighted by Crippen LogP contribution is -2.38. The first-order chi connectivity index (χ1) is 20.4. The van der Waals surface area contributed by atoms with E-state index in [2.05, 4.69) is 5.32 Å². The molecule has 15 heteroatoms. The summed E-state index contributed by atoms with van der Waals surface area (Å²) in [5.41, 5.74) is -0.00273. The number of sulfonamides is 2. The van der Waals surface area contributed by atoms with Crippen molar-refractivity contribution in [1.82, 2.24) is 4.31 Å². The molecule has 1 saturated heterocycles. The SMILES string of the molecule is COc1ccc(N(CC(=O)Nc2cc(S(=O)(=O)N3CCCCC3)ccc2OC)S(=O)(=O)c2ccc(C)c([N+](=O)[O-])c2)cc1. The second-order valence-electron chi connectivity index (χ2n) is 9.79. The number of nitrogens with one attached hydrogen (secondary N) is 1. The molecule has 0 saturated carbocycles. The van der Waals surface area contributed by atoms with Crippen molar-refractivity contribution in [1.29, 1.82) is 0 Å². The van der Waals surface area contributed by atoms with Gasteiger partial charge in [0.25, 0.3) is 15.7 Å².